The summed E-state index contributed by atoms with van der Waals surface area (Å²) in [5, 5.41) is 11.5. The van der Waals surface area contributed by atoms with Crippen LogP contribution in [0.25, 0.3) is 6.08 Å². The Bertz CT molecular complexity index is 1090. The summed E-state index contributed by atoms with van der Waals surface area (Å²) in [4.78, 5) is 32.0. The molecule has 2 aromatic carbocycles. The maximum atomic E-state index is 12.5. The summed E-state index contributed by atoms with van der Waals surface area (Å²) in [6.07, 6.45) is 1.80. The van der Waals surface area contributed by atoms with Crippen LogP contribution in [0.5, 0.6) is 11.5 Å². The lowest BCUT2D eigenvalue weighted by Crippen LogP contribution is -2.47. The molecule has 0 N–H and O–H groups in total. The molecule has 1 amide bonds. The highest BCUT2D eigenvalue weighted by Crippen LogP contribution is 2.33. The van der Waals surface area contributed by atoms with E-state index in [0.29, 0.717) is 34.7 Å². The van der Waals surface area contributed by atoms with E-state index in [1.54, 1.807) is 38.5 Å². The van der Waals surface area contributed by atoms with Crippen LogP contribution in [0.4, 0.5) is 11.4 Å². The van der Waals surface area contributed by atoms with Crippen LogP contribution in [-0.4, -0.2) is 61.3 Å². The largest absolute Gasteiger partial charge is 0.493 e. The number of piperazine rings is 1. The molecule has 0 atom stereocenters. The van der Waals surface area contributed by atoms with Gasteiger partial charge >= 0.3 is 0 Å². The Morgan fingerprint density at radius 2 is 1.66 bits per heavy atom. The third-order valence-electron chi connectivity index (χ3n) is 5.29. The number of amidine groups is 1. The number of rotatable bonds is 5. The summed E-state index contributed by atoms with van der Waals surface area (Å²) in [6.45, 7) is 2.89. The summed E-state index contributed by atoms with van der Waals surface area (Å²) in [5.74, 6) is 0.973. The first-order valence-electron chi connectivity index (χ1n) is 9.97. The van der Waals surface area contributed by atoms with Crippen molar-refractivity contribution in [3.05, 3.63) is 63.0 Å². The minimum absolute atomic E-state index is 0.0800. The predicted molar refractivity (Wildman–Crippen MR) is 124 cm³/mol. The van der Waals surface area contributed by atoms with E-state index >= 15 is 0 Å². The van der Waals surface area contributed by atoms with E-state index in [-0.39, 0.29) is 11.6 Å². The van der Waals surface area contributed by atoms with E-state index < -0.39 is 4.92 Å². The highest BCUT2D eigenvalue weighted by atomic mass is 32.2. The number of thioether (sulfide) groups is 1. The van der Waals surface area contributed by atoms with Gasteiger partial charge in [0.15, 0.2) is 16.7 Å². The van der Waals surface area contributed by atoms with Crippen LogP contribution in [0, 0.1) is 10.1 Å². The van der Waals surface area contributed by atoms with Gasteiger partial charge < -0.3 is 19.3 Å². The number of non-ortho nitro benzene ring substituents is 1. The number of nitro groups is 1. The van der Waals surface area contributed by atoms with E-state index in [1.807, 2.05) is 12.1 Å². The summed E-state index contributed by atoms with van der Waals surface area (Å²) in [7, 11) is 3.15. The number of carbonyl (C=O) groups excluding carboxylic acids is 1. The lowest BCUT2D eigenvalue weighted by Gasteiger charge is -2.36. The number of amides is 1. The van der Waals surface area contributed by atoms with Gasteiger partial charge in [-0.15, -0.1) is 0 Å². The Balaban J connectivity index is 1.39. The lowest BCUT2D eigenvalue weighted by atomic mass is 10.2. The predicted octanol–water partition coefficient (Wildman–Crippen LogP) is 3.40. The minimum atomic E-state index is -0.401. The van der Waals surface area contributed by atoms with Gasteiger partial charge in [0.1, 0.15) is 0 Å². The van der Waals surface area contributed by atoms with Gasteiger partial charge in [-0.1, -0.05) is 6.07 Å². The third kappa shape index (κ3) is 4.54. The number of benzene rings is 2. The zero-order valence-corrected chi connectivity index (χ0v) is 18.5. The Morgan fingerprint density at radius 3 is 2.28 bits per heavy atom. The molecule has 9 nitrogen and oxygen atoms in total. The Labute approximate surface area is 189 Å². The Hall–Kier alpha value is -3.53. The number of hydrogen-bond donors (Lipinski definition) is 0. The Kier molecular flexibility index (Phi) is 6.31. The fourth-order valence-electron chi connectivity index (χ4n) is 3.57. The molecular weight excluding hydrogens is 432 g/mol. The fourth-order valence-corrected chi connectivity index (χ4v) is 4.53. The average Bonchev–Trinajstić information content (AvgIpc) is 3.19. The minimum Gasteiger partial charge on any atom is -0.493 e. The molecule has 2 heterocycles. The van der Waals surface area contributed by atoms with E-state index in [9.17, 15) is 14.9 Å². The molecule has 1 saturated heterocycles. The summed E-state index contributed by atoms with van der Waals surface area (Å²) in [6, 6.07) is 12.1. The van der Waals surface area contributed by atoms with Crippen LogP contribution in [-0.2, 0) is 4.79 Å². The zero-order valence-electron chi connectivity index (χ0n) is 17.7. The van der Waals surface area contributed by atoms with E-state index in [2.05, 4.69) is 14.8 Å². The number of nitrogens with zero attached hydrogens (tertiary/aromatic N) is 4. The van der Waals surface area contributed by atoms with Crippen molar-refractivity contribution in [1.29, 1.82) is 0 Å². The second kappa shape index (κ2) is 9.31. The molecule has 0 unspecified atom stereocenters. The quantitative estimate of drug-likeness (QED) is 0.385. The summed E-state index contributed by atoms with van der Waals surface area (Å²) in [5.41, 5.74) is 1.86. The summed E-state index contributed by atoms with van der Waals surface area (Å²) >= 11 is 1.37. The first kappa shape index (κ1) is 21.7. The first-order valence-corrected chi connectivity index (χ1v) is 10.8. The molecule has 4 rings (SSSR count). The zero-order chi connectivity index (χ0) is 22.7. The van der Waals surface area contributed by atoms with Crippen molar-refractivity contribution in [2.45, 2.75) is 0 Å². The van der Waals surface area contributed by atoms with Crippen molar-refractivity contribution >= 4 is 40.3 Å². The maximum Gasteiger partial charge on any atom is 0.286 e. The van der Waals surface area contributed by atoms with Gasteiger partial charge in [0.05, 0.1) is 24.0 Å². The molecule has 1 fully saturated rings. The normalized spacial score (nSPS) is 17.5. The first-order chi connectivity index (χ1) is 15.5. The van der Waals surface area contributed by atoms with Gasteiger partial charge in [-0.2, -0.15) is 4.99 Å². The number of aliphatic imine (C=N–C) groups is 1. The van der Waals surface area contributed by atoms with Gasteiger partial charge in [-0.25, -0.2) is 0 Å². The second-order valence-corrected chi connectivity index (χ2v) is 8.18. The van der Waals surface area contributed by atoms with Crippen molar-refractivity contribution in [2.24, 2.45) is 4.99 Å². The van der Waals surface area contributed by atoms with E-state index in [1.165, 1.54) is 23.9 Å². The maximum absolute atomic E-state index is 12.5. The van der Waals surface area contributed by atoms with Crippen LogP contribution in [0.2, 0.25) is 0 Å². The third-order valence-corrected chi connectivity index (χ3v) is 6.33. The molecule has 166 valence electrons. The smallest absolute Gasteiger partial charge is 0.286 e. The van der Waals surface area contributed by atoms with Crippen molar-refractivity contribution in [1.82, 2.24) is 4.90 Å². The van der Waals surface area contributed by atoms with Gasteiger partial charge in [-0.05, 0) is 47.7 Å². The number of carbonyl (C=O) groups is 1. The molecule has 0 radical (unpaired) electrons. The average molecular weight is 455 g/mol. The summed E-state index contributed by atoms with van der Waals surface area (Å²) < 4.78 is 10.6. The molecule has 0 bridgehead atoms. The molecule has 0 aromatic heterocycles. The van der Waals surface area contributed by atoms with Crippen LogP contribution < -0.4 is 14.4 Å². The number of methoxy groups -OCH3 is 2. The second-order valence-electron chi connectivity index (χ2n) is 7.17. The highest BCUT2D eigenvalue weighted by molar-refractivity contribution is 8.18. The molecule has 2 aliphatic heterocycles. The molecule has 0 spiro atoms. The molecular formula is C22H22N4O5S. The number of ether oxygens (including phenoxy) is 2. The van der Waals surface area contributed by atoms with Gasteiger partial charge in [-0.3, -0.25) is 14.9 Å². The van der Waals surface area contributed by atoms with Crippen LogP contribution in [0.3, 0.4) is 0 Å². The van der Waals surface area contributed by atoms with Crippen LogP contribution >= 0.6 is 11.8 Å². The lowest BCUT2D eigenvalue weighted by molar-refractivity contribution is -0.384. The van der Waals surface area contributed by atoms with E-state index in [0.717, 1.165) is 24.3 Å². The molecule has 0 aliphatic carbocycles. The monoisotopic (exact) mass is 454 g/mol. The van der Waals surface area contributed by atoms with Crippen LogP contribution in [0.15, 0.2) is 52.4 Å². The fraction of sp³-hybridized carbons (Fsp3) is 0.273. The van der Waals surface area contributed by atoms with Crippen molar-refractivity contribution in [2.75, 3.05) is 45.3 Å². The molecule has 10 heteroatoms. The van der Waals surface area contributed by atoms with Gasteiger partial charge in [0.25, 0.3) is 11.6 Å². The van der Waals surface area contributed by atoms with Crippen molar-refractivity contribution in [3.63, 3.8) is 0 Å². The van der Waals surface area contributed by atoms with Gasteiger partial charge in [0.2, 0.25) is 0 Å². The van der Waals surface area contributed by atoms with Gasteiger partial charge in [0, 0.05) is 44.0 Å². The van der Waals surface area contributed by atoms with E-state index in [4.69, 9.17) is 9.47 Å². The number of hydrogen-bond acceptors (Lipinski definition) is 8. The molecule has 32 heavy (non-hydrogen) atoms. The standard InChI is InChI=1S/C22H22N4O5S/c1-30-18-8-3-15(13-19(18)31-2)14-20-21(27)23-22(32-20)25-11-9-24(10-12-25)16-4-6-17(7-5-16)26(28)29/h3-8,13-14H,9-12H2,1-2H3. The topological polar surface area (TPSA) is 97.5 Å². The molecule has 2 aliphatic rings. The highest BCUT2D eigenvalue weighted by Gasteiger charge is 2.28. The SMILES string of the molecule is COc1ccc(C=C2SC(N3CCN(c4ccc([N+](=O)[O-])cc4)CC3)=NC2=O)cc1OC. The number of anilines is 1. The van der Waals surface area contributed by atoms with Crippen LogP contribution in [0.1, 0.15) is 5.56 Å². The molecule has 2 aromatic rings. The number of nitro benzene ring substituents is 1. The Morgan fingerprint density at radius 1 is 1.00 bits per heavy atom. The van der Waals surface area contributed by atoms with Crippen molar-refractivity contribution < 1.29 is 19.2 Å². The molecule has 0 saturated carbocycles. The van der Waals surface area contributed by atoms with Crippen molar-refractivity contribution in [3.8, 4) is 11.5 Å².